The molecule has 0 bridgehead atoms. The van der Waals surface area contributed by atoms with Crippen LogP contribution >= 0.6 is 11.6 Å². The summed E-state index contributed by atoms with van der Waals surface area (Å²) in [6.45, 7) is -0.139. The van der Waals surface area contributed by atoms with Crippen LogP contribution in [0.4, 0.5) is 14.9 Å². The van der Waals surface area contributed by atoms with Gasteiger partial charge in [0.05, 0.1) is 24.0 Å². The van der Waals surface area contributed by atoms with Crippen molar-refractivity contribution >= 4 is 46.2 Å². The number of amides is 3. The van der Waals surface area contributed by atoms with E-state index in [-0.39, 0.29) is 47.5 Å². The van der Waals surface area contributed by atoms with Gasteiger partial charge < -0.3 is 25.6 Å². The lowest BCUT2D eigenvalue weighted by molar-refractivity contribution is -0.123. The predicted octanol–water partition coefficient (Wildman–Crippen LogP) is 2.91. The van der Waals surface area contributed by atoms with E-state index in [1.165, 1.54) is 29.2 Å². The van der Waals surface area contributed by atoms with Crippen molar-refractivity contribution in [2.24, 2.45) is 5.92 Å². The SMILES string of the molecule is CN(C)C(=O)C=CCCC(NC(=O)O)C(=O)Nc1ccc(Cl)n(Cc2nc3c(F)cnc(CC4CC4)c3[nH]2)c1=O. The van der Waals surface area contributed by atoms with Crippen molar-refractivity contribution in [2.45, 2.75) is 44.7 Å². The molecule has 1 atom stereocenters. The number of nitrogens with zero attached hydrogens (tertiary/aromatic N) is 4. The minimum Gasteiger partial charge on any atom is -0.465 e. The number of rotatable bonds is 11. The first kappa shape index (κ1) is 28.7. The van der Waals surface area contributed by atoms with Crippen molar-refractivity contribution in [3.63, 3.8) is 0 Å². The van der Waals surface area contributed by atoms with Gasteiger partial charge in [0.1, 0.15) is 28.2 Å². The van der Waals surface area contributed by atoms with Gasteiger partial charge in [-0.05, 0) is 56.2 Å². The van der Waals surface area contributed by atoms with E-state index in [9.17, 15) is 28.7 Å². The van der Waals surface area contributed by atoms with Crippen LogP contribution in [0.15, 0.2) is 35.3 Å². The highest BCUT2D eigenvalue weighted by atomic mass is 35.5. The van der Waals surface area contributed by atoms with Crippen molar-refractivity contribution in [1.29, 1.82) is 0 Å². The Morgan fingerprint density at radius 3 is 2.75 bits per heavy atom. The Kier molecular flexibility index (Phi) is 8.83. The minimum atomic E-state index is -1.42. The van der Waals surface area contributed by atoms with E-state index in [1.807, 2.05) is 0 Å². The van der Waals surface area contributed by atoms with Gasteiger partial charge >= 0.3 is 6.09 Å². The molecule has 1 fully saturated rings. The summed E-state index contributed by atoms with van der Waals surface area (Å²) in [4.78, 5) is 62.0. The number of hydrogen-bond donors (Lipinski definition) is 4. The van der Waals surface area contributed by atoms with Gasteiger partial charge in [-0.2, -0.15) is 0 Å². The number of anilines is 1. The molecule has 0 spiro atoms. The molecule has 3 heterocycles. The molecule has 212 valence electrons. The molecule has 0 saturated heterocycles. The molecule has 14 heteroatoms. The Morgan fingerprint density at radius 2 is 2.08 bits per heavy atom. The molecule has 1 saturated carbocycles. The first-order valence-electron chi connectivity index (χ1n) is 12.6. The van der Waals surface area contributed by atoms with E-state index in [0.717, 1.165) is 23.6 Å². The number of pyridine rings is 2. The molecule has 0 aromatic carbocycles. The molecule has 0 radical (unpaired) electrons. The molecular weight excluding hydrogens is 545 g/mol. The lowest BCUT2D eigenvalue weighted by atomic mass is 10.1. The fourth-order valence-electron chi connectivity index (χ4n) is 4.07. The maximum absolute atomic E-state index is 14.4. The quantitative estimate of drug-likeness (QED) is 0.202. The van der Waals surface area contributed by atoms with E-state index in [4.69, 9.17) is 11.6 Å². The first-order chi connectivity index (χ1) is 19.0. The number of nitrogens with one attached hydrogen (secondary N) is 3. The van der Waals surface area contributed by atoms with Gasteiger partial charge in [0.2, 0.25) is 11.8 Å². The monoisotopic (exact) mass is 573 g/mol. The van der Waals surface area contributed by atoms with E-state index in [1.54, 1.807) is 14.1 Å². The molecule has 3 amide bonds. The Bertz CT molecular complexity index is 1530. The van der Waals surface area contributed by atoms with E-state index >= 15 is 0 Å². The standard InChI is InChI=1S/C26H29ClFN7O5/c1-34(2)21(36)6-4-3-5-16(31-26(39)40)24(37)30-17-9-10-19(27)35(25(17)38)13-20-32-22-15(28)12-29-18(23(22)33-20)11-14-7-8-14/h4,6,9-10,12,14,16,31H,3,5,7-8,11,13H2,1-2H3,(H,30,37)(H,32,33)(H,39,40). The lowest BCUT2D eigenvalue weighted by Crippen LogP contribution is -2.44. The third-order valence-electron chi connectivity index (χ3n) is 6.40. The van der Waals surface area contributed by atoms with E-state index < -0.39 is 29.4 Å². The highest BCUT2D eigenvalue weighted by molar-refractivity contribution is 6.29. The highest BCUT2D eigenvalue weighted by Gasteiger charge is 2.25. The summed E-state index contributed by atoms with van der Waals surface area (Å²) in [6.07, 6.45) is 5.73. The third-order valence-corrected chi connectivity index (χ3v) is 6.73. The van der Waals surface area contributed by atoms with Crippen LogP contribution in [0.5, 0.6) is 0 Å². The number of aromatic amines is 1. The van der Waals surface area contributed by atoms with Crippen LogP contribution in [0.3, 0.4) is 0 Å². The zero-order valence-electron chi connectivity index (χ0n) is 21.9. The molecular formula is C26H29ClFN7O5. The molecule has 0 aliphatic heterocycles. The number of imidazole rings is 1. The van der Waals surface area contributed by atoms with Crippen molar-refractivity contribution < 1.29 is 23.9 Å². The van der Waals surface area contributed by atoms with Crippen LogP contribution in [-0.4, -0.2) is 67.6 Å². The number of carbonyl (C=O) groups is 3. The zero-order valence-corrected chi connectivity index (χ0v) is 22.7. The Labute approximate surface area is 233 Å². The topological polar surface area (TPSA) is 162 Å². The zero-order chi connectivity index (χ0) is 29.0. The summed E-state index contributed by atoms with van der Waals surface area (Å²) in [7, 11) is 3.17. The predicted molar refractivity (Wildman–Crippen MR) is 146 cm³/mol. The number of H-pyrrole nitrogens is 1. The van der Waals surface area contributed by atoms with Gasteiger partial charge in [0, 0.05) is 14.1 Å². The van der Waals surface area contributed by atoms with Gasteiger partial charge in [-0.15, -0.1) is 0 Å². The van der Waals surface area contributed by atoms with Crippen LogP contribution < -0.4 is 16.2 Å². The van der Waals surface area contributed by atoms with Crippen LogP contribution in [0, 0.1) is 11.7 Å². The molecule has 1 aliphatic rings. The lowest BCUT2D eigenvalue weighted by Gasteiger charge is -2.17. The molecule has 4 N–H and O–H groups in total. The van der Waals surface area contributed by atoms with Crippen molar-refractivity contribution in [3.8, 4) is 0 Å². The molecule has 1 aliphatic carbocycles. The van der Waals surface area contributed by atoms with Crippen molar-refractivity contribution in [1.82, 2.24) is 29.7 Å². The van der Waals surface area contributed by atoms with Crippen LogP contribution in [0.1, 0.15) is 37.2 Å². The Hall–Kier alpha value is -4.26. The molecule has 1 unspecified atom stereocenters. The largest absolute Gasteiger partial charge is 0.465 e. The van der Waals surface area contributed by atoms with Crippen molar-refractivity contribution in [2.75, 3.05) is 19.4 Å². The number of carboxylic acid groups (broad SMARTS) is 1. The smallest absolute Gasteiger partial charge is 0.405 e. The summed E-state index contributed by atoms with van der Waals surface area (Å²) >= 11 is 6.28. The number of halogens is 2. The second-order valence-corrected chi connectivity index (χ2v) is 10.2. The van der Waals surface area contributed by atoms with Gasteiger partial charge in [0.15, 0.2) is 5.82 Å². The Balaban J connectivity index is 1.52. The molecule has 12 nitrogen and oxygen atoms in total. The average molecular weight is 574 g/mol. The number of hydrogen-bond acceptors (Lipinski definition) is 6. The summed E-state index contributed by atoms with van der Waals surface area (Å²) in [5, 5.41) is 13.8. The van der Waals surface area contributed by atoms with Crippen LogP contribution in [-0.2, 0) is 22.6 Å². The van der Waals surface area contributed by atoms with Crippen LogP contribution in [0.25, 0.3) is 11.0 Å². The Morgan fingerprint density at radius 1 is 1.32 bits per heavy atom. The van der Waals surface area contributed by atoms with Crippen LogP contribution in [0.2, 0.25) is 5.15 Å². The highest BCUT2D eigenvalue weighted by Crippen LogP contribution is 2.33. The maximum atomic E-state index is 14.4. The maximum Gasteiger partial charge on any atom is 0.405 e. The summed E-state index contributed by atoms with van der Waals surface area (Å²) < 4.78 is 15.6. The number of aromatic nitrogens is 4. The third kappa shape index (κ3) is 7.03. The van der Waals surface area contributed by atoms with Gasteiger partial charge in [-0.1, -0.05) is 17.7 Å². The fourth-order valence-corrected chi connectivity index (χ4v) is 4.27. The molecule has 4 rings (SSSR count). The van der Waals surface area contributed by atoms with Gasteiger partial charge in [-0.3, -0.25) is 23.9 Å². The van der Waals surface area contributed by atoms with Gasteiger partial charge in [0.25, 0.3) is 5.56 Å². The second kappa shape index (κ2) is 12.3. The average Bonchev–Trinajstić information content (AvgIpc) is 3.61. The summed E-state index contributed by atoms with van der Waals surface area (Å²) in [5.74, 6) is -0.814. The minimum absolute atomic E-state index is 0.0406. The van der Waals surface area contributed by atoms with Crippen molar-refractivity contribution in [3.05, 3.63) is 63.3 Å². The molecule has 3 aromatic rings. The second-order valence-electron chi connectivity index (χ2n) is 9.77. The number of fused-ring (bicyclic) bond motifs is 1. The number of carbonyl (C=O) groups excluding carboxylic acids is 2. The molecule has 40 heavy (non-hydrogen) atoms. The number of allylic oxidation sites excluding steroid dienone is 1. The van der Waals surface area contributed by atoms with Gasteiger partial charge in [-0.25, -0.2) is 14.2 Å². The normalized spacial score (nSPS) is 13.9. The summed E-state index contributed by atoms with van der Waals surface area (Å²) in [5.41, 5.74) is 0.500. The number of likely N-dealkylation sites (N-methyl/N-ethyl adjacent to an activating group) is 1. The summed E-state index contributed by atoms with van der Waals surface area (Å²) in [6, 6.07) is 1.51. The molecule has 3 aromatic heterocycles. The first-order valence-corrected chi connectivity index (χ1v) is 13.0. The van der Waals surface area contributed by atoms with E-state index in [0.29, 0.717) is 23.5 Å². The fraction of sp³-hybridized carbons (Fsp3) is 0.385. The van der Waals surface area contributed by atoms with E-state index in [2.05, 4.69) is 25.6 Å².